The molecule has 0 amide bonds. The van der Waals surface area contributed by atoms with E-state index in [1.807, 2.05) is 0 Å². The number of aromatic nitrogens is 2. The monoisotopic (exact) mass is 341 g/mol. The van der Waals surface area contributed by atoms with Gasteiger partial charge in [0.15, 0.2) is 10.8 Å². The number of halogens is 1. The summed E-state index contributed by atoms with van der Waals surface area (Å²) in [6.45, 7) is 7.00. The molecule has 2 aromatic heterocycles. The van der Waals surface area contributed by atoms with E-state index in [4.69, 9.17) is 4.98 Å². The molecule has 1 aliphatic heterocycles. The highest BCUT2D eigenvalue weighted by molar-refractivity contribution is 9.08. The lowest BCUT2D eigenvalue weighted by Gasteiger charge is -2.39. The van der Waals surface area contributed by atoms with Crippen molar-refractivity contribution in [2.24, 2.45) is 5.41 Å². The molecular weight excluding hydrogens is 322 g/mol. The topological polar surface area (TPSA) is 20.5 Å². The Hall–Kier alpha value is -0.550. The van der Waals surface area contributed by atoms with E-state index >= 15 is 0 Å². The maximum Gasteiger partial charge on any atom is 0.195 e. The number of alkyl halides is 1. The number of hydrogen-bond donors (Lipinski definition) is 0. The summed E-state index contributed by atoms with van der Waals surface area (Å²) in [4.78, 5) is 8.39. The highest BCUT2D eigenvalue weighted by Crippen LogP contribution is 2.37. The quantitative estimate of drug-likeness (QED) is 0.775. The summed E-state index contributed by atoms with van der Waals surface area (Å²) in [5.74, 6) is 1.18. The van der Waals surface area contributed by atoms with Crippen LogP contribution in [-0.2, 0) is 5.33 Å². The number of hydrogen-bond acceptors (Lipinski definition) is 3. The van der Waals surface area contributed by atoms with Gasteiger partial charge in [-0.15, -0.1) is 11.3 Å². The van der Waals surface area contributed by atoms with Crippen LogP contribution in [0.2, 0.25) is 0 Å². The van der Waals surface area contributed by atoms with Crippen molar-refractivity contribution < 1.29 is 0 Å². The first-order valence-electron chi connectivity index (χ1n) is 6.92. The van der Waals surface area contributed by atoms with Crippen LogP contribution in [0.3, 0.4) is 0 Å². The molecule has 0 radical (unpaired) electrons. The van der Waals surface area contributed by atoms with Gasteiger partial charge in [-0.3, -0.25) is 4.40 Å². The molecule has 3 heterocycles. The van der Waals surface area contributed by atoms with Crippen LogP contribution in [0.15, 0.2) is 11.6 Å². The van der Waals surface area contributed by atoms with Crippen molar-refractivity contribution in [2.75, 3.05) is 18.0 Å². The molecule has 0 aliphatic carbocycles. The lowest BCUT2D eigenvalue weighted by Crippen LogP contribution is -2.39. The normalized spacial score (nSPS) is 19.2. The van der Waals surface area contributed by atoms with Crippen LogP contribution >= 0.6 is 27.3 Å². The number of thiazole rings is 1. The van der Waals surface area contributed by atoms with Gasteiger partial charge in [-0.1, -0.05) is 36.2 Å². The number of rotatable bonds is 3. The second-order valence-corrected chi connectivity index (χ2v) is 7.16. The second kappa shape index (κ2) is 5.09. The van der Waals surface area contributed by atoms with Gasteiger partial charge < -0.3 is 4.90 Å². The average Bonchev–Trinajstić information content (AvgIpc) is 2.99. The lowest BCUT2D eigenvalue weighted by molar-refractivity contribution is 0.238. The van der Waals surface area contributed by atoms with E-state index < -0.39 is 0 Å². The lowest BCUT2D eigenvalue weighted by atomic mass is 9.78. The summed E-state index contributed by atoms with van der Waals surface area (Å²) in [6, 6.07) is 0. The summed E-state index contributed by atoms with van der Waals surface area (Å²) < 4.78 is 2.21. The molecule has 5 heteroatoms. The zero-order valence-electron chi connectivity index (χ0n) is 11.5. The Morgan fingerprint density at radius 2 is 2.16 bits per heavy atom. The molecule has 0 spiro atoms. The molecule has 0 N–H and O–H groups in total. The van der Waals surface area contributed by atoms with Gasteiger partial charge in [-0.2, -0.15) is 0 Å². The average molecular weight is 342 g/mol. The van der Waals surface area contributed by atoms with E-state index in [1.54, 1.807) is 11.3 Å². The van der Waals surface area contributed by atoms with E-state index in [-0.39, 0.29) is 0 Å². The smallest absolute Gasteiger partial charge is 0.195 e. The maximum atomic E-state index is 4.82. The molecule has 19 heavy (non-hydrogen) atoms. The molecule has 0 atom stereocenters. The van der Waals surface area contributed by atoms with Crippen molar-refractivity contribution in [1.82, 2.24) is 9.38 Å². The van der Waals surface area contributed by atoms with E-state index in [2.05, 4.69) is 50.7 Å². The Kier molecular flexibility index (Phi) is 3.60. The molecule has 2 aromatic rings. The minimum Gasteiger partial charge on any atom is -0.355 e. The molecule has 1 aliphatic rings. The van der Waals surface area contributed by atoms with Gasteiger partial charge >= 0.3 is 0 Å². The van der Waals surface area contributed by atoms with E-state index in [9.17, 15) is 0 Å². The summed E-state index contributed by atoms with van der Waals surface area (Å²) in [5.41, 5.74) is 1.82. The number of fused-ring (bicyclic) bond motifs is 1. The zero-order chi connectivity index (χ0) is 13.5. The molecular formula is C14H20BrN3S. The van der Waals surface area contributed by atoms with Gasteiger partial charge in [0.1, 0.15) is 0 Å². The van der Waals surface area contributed by atoms with Crippen molar-refractivity contribution in [3.63, 3.8) is 0 Å². The molecule has 1 fully saturated rings. The summed E-state index contributed by atoms with van der Waals surface area (Å²) in [6.07, 6.45) is 5.95. The molecule has 0 bridgehead atoms. The van der Waals surface area contributed by atoms with Crippen molar-refractivity contribution in [3.8, 4) is 0 Å². The summed E-state index contributed by atoms with van der Waals surface area (Å²) in [7, 11) is 0. The van der Waals surface area contributed by atoms with Crippen molar-refractivity contribution in [1.29, 1.82) is 0 Å². The SMILES string of the molecule is CCC1(C)CCN(c2nc3sccn3c2CBr)CC1. The Morgan fingerprint density at radius 1 is 1.42 bits per heavy atom. The molecule has 0 saturated carbocycles. The zero-order valence-corrected chi connectivity index (χ0v) is 13.9. The van der Waals surface area contributed by atoms with Crippen LogP contribution in [-0.4, -0.2) is 22.5 Å². The number of imidazole rings is 1. The Balaban J connectivity index is 1.87. The van der Waals surface area contributed by atoms with E-state index in [0.717, 1.165) is 23.4 Å². The highest BCUT2D eigenvalue weighted by Gasteiger charge is 2.30. The molecule has 0 aromatic carbocycles. The molecule has 0 unspecified atom stereocenters. The molecule has 3 nitrogen and oxygen atoms in total. The third kappa shape index (κ3) is 2.31. The van der Waals surface area contributed by atoms with Crippen LogP contribution in [0.1, 0.15) is 38.8 Å². The minimum atomic E-state index is 0.530. The van der Waals surface area contributed by atoms with Crippen molar-refractivity contribution in [2.45, 2.75) is 38.4 Å². The van der Waals surface area contributed by atoms with E-state index in [0.29, 0.717) is 5.41 Å². The third-order valence-electron chi connectivity index (χ3n) is 4.59. The largest absolute Gasteiger partial charge is 0.355 e. The number of piperidine rings is 1. The fourth-order valence-electron chi connectivity index (χ4n) is 2.81. The van der Waals surface area contributed by atoms with Gasteiger partial charge in [0, 0.05) is 30.0 Å². The number of anilines is 1. The standard InChI is InChI=1S/C14H20BrN3S/c1-3-14(2)4-6-17(7-5-14)12-11(10-15)18-8-9-19-13(18)16-12/h8-9H,3-7,10H2,1-2H3. The summed E-state index contributed by atoms with van der Waals surface area (Å²) >= 11 is 5.32. The minimum absolute atomic E-state index is 0.530. The predicted octanol–water partition coefficient (Wildman–Crippen LogP) is 4.31. The fourth-order valence-corrected chi connectivity index (χ4v) is 4.06. The van der Waals surface area contributed by atoms with Crippen LogP contribution in [0.4, 0.5) is 5.82 Å². The Morgan fingerprint density at radius 3 is 2.79 bits per heavy atom. The predicted molar refractivity (Wildman–Crippen MR) is 85.5 cm³/mol. The first-order valence-corrected chi connectivity index (χ1v) is 8.92. The first-order chi connectivity index (χ1) is 9.17. The maximum absolute atomic E-state index is 4.82. The fraction of sp³-hybridized carbons (Fsp3) is 0.643. The number of nitrogens with zero attached hydrogens (tertiary/aromatic N) is 3. The first kappa shape index (κ1) is 13.4. The second-order valence-electron chi connectivity index (χ2n) is 5.72. The van der Waals surface area contributed by atoms with Crippen LogP contribution < -0.4 is 4.90 Å². The highest BCUT2D eigenvalue weighted by atomic mass is 79.9. The molecule has 1 saturated heterocycles. The van der Waals surface area contributed by atoms with Crippen LogP contribution in [0, 0.1) is 5.41 Å². The Bertz CT molecular complexity index is 566. The van der Waals surface area contributed by atoms with Crippen LogP contribution in [0.5, 0.6) is 0 Å². The third-order valence-corrected chi connectivity index (χ3v) is 5.88. The van der Waals surface area contributed by atoms with Gasteiger partial charge in [-0.05, 0) is 18.3 Å². The molecule has 3 rings (SSSR count). The molecule has 104 valence electrons. The van der Waals surface area contributed by atoms with Crippen molar-refractivity contribution >= 4 is 38.0 Å². The van der Waals surface area contributed by atoms with Crippen LogP contribution in [0.25, 0.3) is 4.96 Å². The summed E-state index contributed by atoms with van der Waals surface area (Å²) in [5, 5.41) is 2.96. The van der Waals surface area contributed by atoms with Gasteiger partial charge in [0.25, 0.3) is 0 Å². The van der Waals surface area contributed by atoms with Crippen molar-refractivity contribution in [3.05, 3.63) is 17.3 Å². The van der Waals surface area contributed by atoms with Gasteiger partial charge in [0.2, 0.25) is 0 Å². The van der Waals surface area contributed by atoms with Gasteiger partial charge in [-0.25, -0.2) is 4.98 Å². The van der Waals surface area contributed by atoms with Gasteiger partial charge in [0.05, 0.1) is 5.69 Å². The van der Waals surface area contributed by atoms with E-state index in [1.165, 1.54) is 30.8 Å². The Labute approximate surface area is 126 Å².